The quantitative estimate of drug-likeness (QED) is 0.145. The molecule has 0 aromatic carbocycles. The maximum atomic E-state index is 10.8. The average Bonchev–Trinajstić information content (AvgIpc) is 2.39. The molecule has 0 saturated heterocycles. The summed E-state index contributed by atoms with van der Waals surface area (Å²) < 4.78 is 9.00. The van der Waals surface area contributed by atoms with Crippen LogP contribution < -0.4 is 13.3 Å². The first-order chi connectivity index (χ1) is 10.0. The number of ether oxygens (including phenoxy) is 2. The molecular weight excluding hydrogens is 652 g/mol. The molecular formula is C13H17ClI3O5-. The van der Waals surface area contributed by atoms with E-state index in [1.54, 1.807) is 6.92 Å². The second-order valence-electron chi connectivity index (χ2n) is 3.65. The third-order valence-corrected chi connectivity index (χ3v) is 1.74. The number of halogens is 4. The molecule has 0 radical (unpaired) electrons. The van der Waals surface area contributed by atoms with E-state index in [0.717, 1.165) is 0 Å². The Bertz CT molecular complexity index is 397. The van der Waals surface area contributed by atoms with Gasteiger partial charge in [0.2, 0.25) is 12.0 Å². The van der Waals surface area contributed by atoms with Gasteiger partial charge in [-0.1, -0.05) is 19.7 Å². The minimum atomic E-state index is -0.588. The Morgan fingerprint density at radius 2 is 1.14 bits per heavy atom. The molecule has 0 heterocycles. The van der Waals surface area contributed by atoms with Crippen LogP contribution in [0.5, 0.6) is 0 Å². The van der Waals surface area contributed by atoms with Gasteiger partial charge in [-0.3, -0.25) is 4.79 Å². The van der Waals surface area contributed by atoms with Crippen LogP contribution >= 0.6 is 48.8 Å². The molecule has 0 unspecified atom stereocenters. The van der Waals surface area contributed by atoms with Gasteiger partial charge in [0.05, 0.1) is 0 Å². The van der Waals surface area contributed by atoms with E-state index in [9.17, 15) is 14.4 Å². The summed E-state index contributed by atoms with van der Waals surface area (Å²) in [7, 11) is 0. The van der Waals surface area contributed by atoms with Gasteiger partial charge in [-0.15, -0.1) is 0 Å². The molecule has 0 amide bonds. The van der Waals surface area contributed by atoms with Crippen LogP contribution in [-0.2, 0) is 23.9 Å². The van der Waals surface area contributed by atoms with E-state index >= 15 is 0 Å². The predicted octanol–water partition coefficient (Wildman–Crippen LogP) is 1.29. The van der Waals surface area contributed by atoms with E-state index in [1.807, 2.05) is 0 Å². The van der Waals surface area contributed by atoms with Gasteiger partial charge in [0, 0.05) is 16.7 Å². The topological polar surface area (TPSA) is 69.7 Å². The molecule has 9 heteroatoms. The number of allylic oxidation sites excluding steroid dienone is 1. The average molecular weight is 669 g/mol. The van der Waals surface area contributed by atoms with Gasteiger partial charge in [0.25, 0.3) is 0 Å². The number of rotatable bonds is 5. The van der Waals surface area contributed by atoms with Crippen LogP contribution in [0.2, 0.25) is 0 Å². The third kappa shape index (κ3) is 22.6. The molecule has 0 N–H and O–H groups in total. The second-order valence-corrected chi connectivity index (χ2v) is 20.2. The van der Waals surface area contributed by atoms with Gasteiger partial charge in [-0.25, -0.2) is 9.59 Å². The van der Waals surface area contributed by atoms with E-state index in [-0.39, 0.29) is 11.1 Å². The SMILES string of the molecule is C=C(C)C(=O)Cl.C=C(C)C(=O)OCOC(=O)C(=C)C.I[I-]I. The second kappa shape index (κ2) is 17.7. The van der Waals surface area contributed by atoms with Gasteiger partial charge >= 0.3 is 62.4 Å². The Morgan fingerprint density at radius 1 is 0.909 bits per heavy atom. The molecule has 128 valence electrons. The fourth-order valence-electron chi connectivity index (χ4n) is 0.383. The van der Waals surface area contributed by atoms with Crippen molar-refractivity contribution in [1.29, 1.82) is 0 Å². The number of hydrogen-bond acceptors (Lipinski definition) is 5. The van der Waals surface area contributed by atoms with Crippen molar-refractivity contribution >= 4 is 66.0 Å². The Labute approximate surface area is 165 Å². The van der Waals surface area contributed by atoms with Crippen LogP contribution in [0, 0.1) is 0 Å². The molecule has 0 saturated carbocycles. The van der Waals surface area contributed by atoms with Crippen molar-refractivity contribution < 1.29 is 37.1 Å². The van der Waals surface area contributed by atoms with E-state index in [0.29, 0.717) is 18.8 Å². The van der Waals surface area contributed by atoms with Crippen molar-refractivity contribution in [3.05, 3.63) is 36.5 Å². The number of esters is 2. The molecule has 0 aromatic heterocycles. The van der Waals surface area contributed by atoms with Crippen molar-refractivity contribution in [2.24, 2.45) is 0 Å². The van der Waals surface area contributed by atoms with Crippen LogP contribution in [-0.4, -0.2) is 24.0 Å². The predicted molar refractivity (Wildman–Crippen MR) is 100 cm³/mol. The minimum absolute atomic E-state index is 0.256. The summed E-state index contributed by atoms with van der Waals surface area (Å²) in [6.07, 6.45) is 0. The molecule has 0 aliphatic heterocycles. The van der Waals surface area contributed by atoms with Crippen LogP contribution in [0.1, 0.15) is 20.8 Å². The van der Waals surface area contributed by atoms with Crippen molar-refractivity contribution in [2.45, 2.75) is 20.8 Å². The Morgan fingerprint density at radius 3 is 1.27 bits per heavy atom. The molecule has 0 rings (SSSR count). The first kappa shape index (κ1) is 27.2. The summed E-state index contributed by atoms with van der Waals surface area (Å²) in [5.74, 6) is -1.18. The molecule has 0 bridgehead atoms. The Balaban J connectivity index is -0.000000333. The van der Waals surface area contributed by atoms with Gasteiger partial charge in [0.15, 0.2) is 0 Å². The van der Waals surface area contributed by atoms with Gasteiger partial charge < -0.3 is 9.47 Å². The van der Waals surface area contributed by atoms with Crippen molar-refractivity contribution in [2.75, 3.05) is 6.79 Å². The molecule has 5 nitrogen and oxygen atoms in total. The van der Waals surface area contributed by atoms with Gasteiger partial charge in [-0.2, -0.15) is 0 Å². The number of carbonyl (C=O) groups excluding carboxylic acids is 3. The maximum absolute atomic E-state index is 10.8. The fourth-order valence-corrected chi connectivity index (χ4v) is 0.383. The molecule has 0 aliphatic rings. The van der Waals surface area contributed by atoms with E-state index in [4.69, 9.17) is 11.6 Å². The first-order valence-electron chi connectivity index (χ1n) is 5.38. The molecule has 0 atom stereocenters. The summed E-state index contributed by atoms with van der Waals surface area (Å²) in [5.41, 5.74) is 0.898. The zero-order valence-corrected chi connectivity index (χ0v) is 19.6. The van der Waals surface area contributed by atoms with Crippen LogP contribution in [0.3, 0.4) is 0 Å². The summed E-state index contributed by atoms with van der Waals surface area (Å²) >= 11 is 10.2. The number of hydrogen-bond donors (Lipinski definition) is 0. The van der Waals surface area contributed by atoms with Crippen LogP contribution in [0.25, 0.3) is 0 Å². The molecule has 22 heavy (non-hydrogen) atoms. The van der Waals surface area contributed by atoms with E-state index < -0.39 is 24.0 Å². The summed E-state index contributed by atoms with van der Waals surface area (Å²) in [4.78, 5) is 31.3. The van der Waals surface area contributed by atoms with Crippen LogP contribution in [0.4, 0.5) is 0 Å². The summed E-state index contributed by atoms with van der Waals surface area (Å²) in [6.45, 7) is 14.1. The van der Waals surface area contributed by atoms with Crippen molar-refractivity contribution in [3.8, 4) is 0 Å². The Kier molecular flexibility index (Phi) is 21.8. The summed E-state index contributed by atoms with van der Waals surface area (Å²) in [6, 6.07) is 0. The molecule has 0 aromatic rings. The zero-order valence-electron chi connectivity index (χ0n) is 12.4. The monoisotopic (exact) mass is 669 g/mol. The first-order valence-corrected chi connectivity index (χ1v) is 18.3. The van der Waals surface area contributed by atoms with E-state index in [2.05, 4.69) is 66.4 Å². The van der Waals surface area contributed by atoms with Crippen molar-refractivity contribution in [1.82, 2.24) is 0 Å². The van der Waals surface area contributed by atoms with Gasteiger partial charge in [-0.05, 0) is 32.4 Å². The molecule has 0 aliphatic carbocycles. The van der Waals surface area contributed by atoms with Crippen LogP contribution in [0.15, 0.2) is 36.5 Å². The van der Waals surface area contributed by atoms with Gasteiger partial charge in [0.1, 0.15) is 0 Å². The standard InChI is InChI=1S/C9H12O4.C4H5ClO.I3/c1-6(2)8(10)12-5-13-9(11)7(3)4;1-3(2)4(5)6;1-3-2/h1,3,5H2,2,4H3;1H2,2H3;/q;;-1. The van der Waals surface area contributed by atoms with Crippen molar-refractivity contribution in [3.63, 3.8) is 0 Å². The molecule has 0 fully saturated rings. The fraction of sp³-hybridized carbons (Fsp3) is 0.308. The zero-order chi connectivity index (χ0) is 18.3. The van der Waals surface area contributed by atoms with E-state index in [1.165, 1.54) is 13.8 Å². The molecule has 0 spiro atoms. The Hall–Kier alpha value is 0.310. The summed E-state index contributed by atoms with van der Waals surface area (Å²) in [5, 5.41) is -0.463. The number of carbonyl (C=O) groups is 3. The normalized spacial score (nSPS) is 8.27. The third-order valence-electron chi connectivity index (χ3n) is 1.41.